The van der Waals surface area contributed by atoms with Crippen LogP contribution >= 0.6 is 11.8 Å². The van der Waals surface area contributed by atoms with Gasteiger partial charge in [0.25, 0.3) is 11.8 Å². The van der Waals surface area contributed by atoms with Crippen LogP contribution in [-0.4, -0.2) is 44.3 Å². The molecule has 1 unspecified atom stereocenters. The number of methoxy groups -OCH3 is 3. The number of rotatable bonds is 12. The van der Waals surface area contributed by atoms with Crippen molar-refractivity contribution in [3.63, 3.8) is 0 Å². The van der Waals surface area contributed by atoms with E-state index in [1.165, 1.54) is 39.2 Å². The minimum absolute atomic E-state index is 0.0189. The van der Waals surface area contributed by atoms with Crippen molar-refractivity contribution in [2.75, 3.05) is 32.0 Å². The molecule has 3 amide bonds. The molecule has 4 aromatic rings. The lowest BCUT2D eigenvalue weighted by Crippen LogP contribution is -2.30. The fourth-order valence-electron chi connectivity index (χ4n) is 4.57. The zero-order chi connectivity index (χ0) is 33.2. The van der Waals surface area contributed by atoms with Gasteiger partial charge in [-0.05, 0) is 80.4 Å². The fraction of sp³-hybridized carbons (Fsp3) is 0.194. The summed E-state index contributed by atoms with van der Waals surface area (Å²) >= 11 is 1.41. The van der Waals surface area contributed by atoms with Crippen LogP contribution in [-0.2, 0) is 9.59 Å². The Morgan fingerprint density at radius 3 is 1.96 bits per heavy atom. The van der Waals surface area contributed by atoms with E-state index in [-0.39, 0.29) is 16.9 Å². The standard InChI is InChI=1S/C36H37N3O6S/c1-22-11-10-12-23(2)33(22)39-34(40)24(3)46-28-17-15-27(16-18-28)37-36(42)29(38-35(41)25-13-8-7-9-14-25)19-26-20-31(44-5)32(45-6)21-30(26)43-4/h7-21,24H,1-6H3,(H,37,42)(H,38,41)(H,39,40)/b29-19-. The third-order valence-electron chi connectivity index (χ3n) is 7.09. The van der Waals surface area contributed by atoms with Gasteiger partial charge in [-0.2, -0.15) is 0 Å². The summed E-state index contributed by atoms with van der Waals surface area (Å²) in [5.74, 6) is 0.173. The Morgan fingerprint density at radius 1 is 0.739 bits per heavy atom. The van der Waals surface area contributed by atoms with E-state index in [0.29, 0.717) is 34.1 Å². The Hall–Kier alpha value is -5.22. The number of benzene rings is 4. The number of anilines is 2. The van der Waals surface area contributed by atoms with Gasteiger partial charge in [-0.15, -0.1) is 11.8 Å². The number of para-hydroxylation sites is 1. The molecule has 9 nitrogen and oxygen atoms in total. The van der Waals surface area contributed by atoms with E-state index in [9.17, 15) is 14.4 Å². The second-order valence-electron chi connectivity index (χ2n) is 10.3. The van der Waals surface area contributed by atoms with E-state index < -0.39 is 11.8 Å². The largest absolute Gasteiger partial charge is 0.496 e. The first-order valence-corrected chi connectivity index (χ1v) is 15.3. The van der Waals surface area contributed by atoms with E-state index >= 15 is 0 Å². The summed E-state index contributed by atoms with van der Waals surface area (Å²) in [7, 11) is 4.51. The number of carbonyl (C=O) groups is 3. The Balaban J connectivity index is 1.53. The molecule has 0 spiro atoms. The van der Waals surface area contributed by atoms with Gasteiger partial charge in [-0.3, -0.25) is 14.4 Å². The van der Waals surface area contributed by atoms with E-state index in [1.807, 2.05) is 51.1 Å². The van der Waals surface area contributed by atoms with Gasteiger partial charge in [0.2, 0.25) is 5.91 Å². The summed E-state index contributed by atoms with van der Waals surface area (Å²) < 4.78 is 16.3. The maximum absolute atomic E-state index is 13.6. The van der Waals surface area contributed by atoms with Crippen LogP contribution in [0.3, 0.4) is 0 Å². The van der Waals surface area contributed by atoms with Crippen LogP contribution in [0, 0.1) is 13.8 Å². The molecule has 4 aromatic carbocycles. The second kappa shape index (κ2) is 15.7. The van der Waals surface area contributed by atoms with Crippen molar-refractivity contribution in [3.05, 3.63) is 113 Å². The van der Waals surface area contributed by atoms with Gasteiger partial charge in [0.05, 0.1) is 26.6 Å². The molecular formula is C36H37N3O6S. The predicted molar refractivity (Wildman–Crippen MR) is 183 cm³/mol. The molecule has 0 aliphatic heterocycles. The third-order valence-corrected chi connectivity index (χ3v) is 8.20. The van der Waals surface area contributed by atoms with Crippen molar-refractivity contribution in [2.45, 2.75) is 30.9 Å². The van der Waals surface area contributed by atoms with E-state index in [2.05, 4.69) is 16.0 Å². The molecular weight excluding hydrogens is 602 g/mol. The number of thioether (sulfide) groups is 1. The van der Waals surface area contributed by atoms with Crippen molar-refractivity contribution in [2.24, 2.45) is 0 Å². The molecule has 0 bridgehead atoms. The van der Waals surface area contributed by atoms with Gasteiger partial charge in [0.15, 0.2) is 11.5 Å². The molecule has 4 rings (SSSR count). The first-order chi connectivity index (χ1) is 22.1. The Bertz CT molecular complexity index is 1720. The van der Waals surface area contributed by atoms with Gasteiger partial charge in [0, 0.05) is 33.5 Å². The van der Waals surface area contributed by atoms with Gasteiger partial charge < -0.3 is 30.2 Å². The smallest absolute Gasteiger partial charge is 0.272 e. The second-order valence-corrected chi connectivity index (χ2v) is 11.7. The van der Waals surface area contributed by atoms with Crippen LogP contribution < -0.4 is 30.2 Å². The van der Waals surface area contributed by atoms with Crippen molar-refractivity contribution in [1.29, 1.82) is 0 Å². The molecule has 0 aliphatic carbocycles. The highest BCUT2D eigenvalue weighted by Crippen LogP contribution is 2.36. The molecule has 1 atom stereocenters. The van der Waals surface area contributed by atoms with E-state index in [4.69, 9.17) is 14.2 Å². The topological polar surface area (TPSA) is 115 Å². The van der Waals surface area contributed by atoms with Crippen molar-refractivity contribution >= 4 is 46.9 Å². The normalized spacial score (nSPS) is 11.7. The average Bonchev–Trinajstić information content (AvgIpc) is 3.06. The highest BCUT2D eigenvalue weighted by atomic mass is 32.2. The molecule has 3 N–H and O–H groups in total. The molecule has 0 heterocycles. The van der Waals surface area contributed by atoms with E-state index in [0.717, 1.165) is 21.7 Å². The van der Waals surface area contributed by atoms with Crippen LogP contribution in [0.4, 0.5) is 11.4 Å². The highest BCUT2D eigenvalue weighted by molar-refractivity contribution is 8.00. The minimum Gasteiger partial charge on any atom is -0.496 e. The minimum atomic E-state index is -0.553. The number of aryl methyl sites for hydroxylation is 2. The molecule has 0 fully saturated rings. The molecule has 10 heteroatoms. The molecule has 238 valence electrons. The van der Waals surface area contributed by atoms with Crippen LogP contribution in [0.15, 0.2) is 95.5 Å². The van der Waals surface area contributed by atoms with Gasteiger partial charge in [-0.1, -0.05) is 36.4 Å². The van der Waals surface area contributed by atoms with Crippen molar-refractivity contribution in [1.82, 2.24) is 5.32 Å². The summed E-state index contributed by atoms with van der Waals surface area (Å²) in [6, 6.07) is 24.9. The van der Waals surface area contributed by atoms with Crippen LogP contribution in [0.5, 0.6) is 17.2 Å². The zero-order valence-corrected chi connectivity index (χ0v) is 27.4. The first kappa shape index (κ1) is 33.7. The first-order valence-electron chi connectivity index (χ1n) is 14.5. The summed E-state index contributed by atoms with van der Waals surface area (Å²) in [5, 5.41) is 8.25. The number of hydrogen-bond donors (Lipinski definition) is 3. The zero-order valence-electron chi connectivity index (χ0n) is 26.6. The average molecular weight is 640 g/mol. The maximum atomic E-state index is 13.6. The van der Waals surface area contributed by atoms with Crippen LogP contribution in [0.2, 0.25) is 0 Å². The number of ether oxygens (including phenoxy) is 3. The van der Waals surface area contributed by atoms with Gasteiger partial charge in [0.1, 0.15) is 11.4 Å². The molecule has 0 aromatic heterocycles. The van der Waals surface area contributed by atoms with Crippen LogP contribution in [0.25, 0.3) is 6.08 Å². The van der Waals surface area contributed by atoms with Crippen molar-refractivity contribution < 1.29 is 28.6 Å². The summed E-state index contributed by atoms with van der Waals surface area (Å²) in [6.45, 7) is 5.77. The lowest BCUT2D eigenvalue weighted by molar-refractivity contribution is -0.115. The van der Waals surface area contributed by atoms with Crippen molar-refractivity contribution in [3.8, 4) is 17.2 Å². The molecule has 0 radical (unpaired) electrons. The lowest BCUT2D eigenvalue weighted by atomic mass is 10.1. The molecule has 0 saturated carbocycles. The number of nitrogens with one attached hydrogen (secondary N) is 3. The lowest BCUT2D eigenvalue weighted by Gasteiger charge is -2.16. The predicted octanol–water partition coefficient (Wildman–Crippen LogP) is 6.86. The third kappa shape index (κ3) is 8.48. The maximum Gasteiger partial charge on any atom is 0.272 e. The molecule has 46 heavy (non-hydrogen) atoms. The quantitative estimate of drug-likeness (QED) is 0.115. The number of hydrogen-bond acceptors (Lipinski definition) is 7. The number of amides is 3. The fourth-order valence-corrected chi connectivity index (χ4v) is 5.44. The number of carbonyl (C=O) groups excluding carboxylic acids is 3. The monoisotopic (exact) mass is 639 g/mol. The Labute approximate surface area is 273 Å². The van der Waals surface area contributed by atoms with E-state index in [1.54, 1.807) is 54.6 Å². The molecule has 0 saturated heterocycles. The molecule has 0 aliphatic rings. The summed E-state index contributed by atoms with van der Waals surface area (Å²) in [4.78, 5) is 40.5. The van der Waals surface area contributed by atoms with Gasteiger partial charge >= 0.3 is 0 Å². The van der Waals surface area contributed by atoms with Gasteiger partial charge in [-0.25, -0.2) is 0 Å². The van der Waals surface area contributed by atoms with Crippen LogP contribution in [0.1, 0.15) is 34.0 Å². The summed E-state index contributed by atoms with van der Waals surface area (Å²) in [5.41, 5.74) is 4.19. The Kier molecular flexibility index (Phi) is 11.5. The highest BCUT2D eigenvalue weighted by Gasteiger charge is 2.19. The SMILES string of the molecule is COc1cc(OC)c(OC)cc1/C=C(\NC(=O)c1ccccc1)C(=O)Nc1ccc(SC(C)C(=O)Nc2c(C)cccc2C)cc1. The Morgan fingerprint density at radius 2 is 1.35 bits per heavy atom. The summed E-state index contributed by atoms with van der Waals surface area (Å²) in [6.07, 6.45) is 1.51.